The van der Waals surface area contributed by atoms with Gasteiger partial charge < -0.3 is 15.3 Å². The number of rotatable bonds is 5. The van der Waals surface area contributed by atoms with Crippen LogP contribution in [0, 0.1) is 0 Å². The fraction of sp³-hybridized carbons (Fsp3) is 0.667. The van der Waals surface area contributed by atoms with Gasteiger partial charge in [0.25, 0.3) is 0 Å². The Hall–Kier alpha value is -1.19. The number of aliphatic hydroxyl groups excluding tert-OH is 2. The molecular formula is C6H5O13P3. The Morgan fingerprint density at radius 3 is 2.05 bits per heavy atom. The molecule has 13 nitrogen and oxygen atoms in total. The molecule has 2 heterocycles. The van der Waals surface area contributed by atoms with E-state index in [0.29, 0.717) is 0 Å². The van der Waals surface area contributed by atoms with Crippen LogP contribution in [0.1, 0.15) is 0 Å². The molecule has 0 aromatic heterocycles. The Bertz CT molecular complexity index is 733. The summed E-state index contributed by atoms with van der Waals surface area (Å²) >= 11 is 0. The third kappa shape index (κ3) is 1.85. The standard InChI is InChI=1S/C6H5O13P3/c7-1(3(9)20(12)13)2(8)17-18-4(10)5-6(11,21(14)15)22(5,16)19-5/h1,3,7,9,11H. The second kappa shape index (κ2) is 4.90. The maximum Gasteiger partial charge on any atom is 0.402 e. The van der Waals surface area contributed by atoms with Crippen molar-refractivity contribution in [2.24, 2.45) is 0 Å². The Balaban J connectivity index is 1.99. The Morgan fingerprint density at radius 1 is 1.14 bits per heavy atom. The molecule has 2 fully saturated rings. The summed E-state index contributed by atoms with van der Waals surface area (Å²) in [5, 5.41) is 21.6. The summed E-state index contributed by atoms with van der Waals surface area (Å²) in [5.41, 5.74) is 0. The van der Waals surface area contributed by atoms with Gasteiger partial charge in [-0.25, -0.2) is 37.6 Å². The van der Waals surface area contributed by atoms with Crippen molar-refractivity contribution in [2.75, 3.05) is 0 Å². The van der Waals surface area contributed by atoms with Crippen molar-refractivity contribution in [3.8, 4) is 0 Å². The monoisotopic (exact) mass is 378 g/mol. The van der Waals surface area contributed by atoms with Crippen LogP contribution in [0.15, 0.2) is 0 Å². The Kier molecular flexibility index (Phi) is 3.83. The van der Waals surface area contributed by atoms with E-state index in [9.17, 15) is 37.5 Å². The number of carbonyl (C=O) groups excluding carboxylic acids is 2. The molecule has 0 aromatic carbocycles. The van der Waals surface area contributed by atoms with Gasteiger partial charge in [-0.2, -0.15) is 0 Å². The van der Waals surface area contributed by atoms with E-state index < -0.39 is 57.0 Å². The molecule has 5 unspecified atom stereocenters. The van der Waals surface area contributed by atoms with Crippen LogP contribution in [0.5, 0.6) is 0 Å². The van der Waals surface area contributed by atoms with E-state index >= 15 is 0 Å². The zero-order chi connectivity index (χ0) is 17.1. The average Bonchev–Trinajstić information content (AvgIpc) is 3.23. The van der Waals surface area contributed by atoms with Crippen molar-refractivity contribution < 1.29 is 62.0 Å². The molecule has 22 heavy (non-hydrogen) atoms. The van der Waals surface area contributed by atoms with Crippen LogP contribution in [0.25, 0.3) is 0 Å². The first-order chi connectivity index (χ1) is 9.97. The first kappa shape index (κ1) is 17.2. The number of carbonyl (C=O) groups is 2. The molecule has 0 saturated carbocycles. The van der Waals surface area contributed by atoms with Gasteiger partial charge in [-0.3, -0.25) is 9.09 Å². The predicted molar refractivity (Wildman–Crippen MR) is 57.2 cm³/mol. The minimum Gasteiger partial charge on any atom is -0.378 e. The largest absolute Gasteiger partial charge is 0.402 e. The highest BCUT2D eigenvalue weighted by molar-refractivity contribution is 7.87. The van der Waals surface area contributed by atoms with Gasteiger partial charge in [0.05, 0.1) is 0 Å². The molecule has 2 aliphatic rings. The van der Waals surface area contributed by atoms with Gasteiger partial charge in [-0.15, -0.1) is 0 Å². The topological polar surface area (TPSA) is 211 Å². The van der Waals surface area contributed by atoms with Gasteiger partial charge in [-0.1, -0.05) is 0 Å². The minimum absolute atomic E-state index is 1.83. The highest BCUT2D eigenvalue weighted by atomic mass is 31.2. The molecular weight excluding hydrogens is 373 g/mol. The lowest BCUT2D eigenvalue weighted by atomic mass is 10.4. The van der Waals surface area contributed by atoms with E-state index in [1.54, 1.807) is 0 Å². The lowest BCUT2D eigenvalue weighted by molar-refractivity contribution is -0.270. The molecule has 16 heteroatoms. The normalized spacial score (nSPS) is 37.2. The molecule has 0 amide bonds. The average molecular weight is 378 g/mol. The number of hydrogen-bond acceptors (Lipinski definition) is 13. The second-order valence-corrected chi connectivity index (χ2v) is 9.27. The highest BCUT2D eigenvalue weighted by Crippen LogP contribution is 3.09. The zero-order valence-electron chi connectivity index (χ0n) is 9.92. The molecule has 0 aliphatic carbocycles. The van der Waals surface area contributed by atoms with Gasteiger partial charge in [0.2, 0.25) is 5.85 Å². The fourth-order valence-electron chi connectivity index (χ4n) is 1.60. The van der Waals surface area contributed by atoms with Crippen molar-refractivity contribution in [1.29, 1.82) is 0 Å². The Morgan fingerprint density at radius 2 is 1.68 bits per heavy atom. The van der Waals surface area contributed by atoms with Crippen molar-refractivity contribution in [3.63, 3.8) is 0 Å². The first-order valence-electron chi connectivity index (χ1n) is 5.07. The summed E-state index contributed by atoms with van der Waals surface area (Å²) in [4.78, 5) is 29.9. The van der Waals surface area contributed by atoms with Crippen molar-refractivity contribution in [2.45, 2.75) is 22.4 Å². The molecule has 3 N–H and O–H groups in total. The maximum absolute atomic E-state index is 11.6. The minimum atomic E-state index is -4.22. The summed E-state index contributed by atoms with van der Waals surface area (Å²) in [5.74, 6) is -6.29. The molecule has 5 atom stereocenters. The molecule has 2 saturated heterocycles. The number of fused-ring (bicyclic) bond motifs is 1. The summed E-state index contributed by atoms with van der Waals surface area (Å²) in [6.45, 7) is 0. The van der Waals surface area contributed by atoms with Crippen LogP contribution in [-0.2, 0) is 46.7 Å². The van der Waals surface area contributed by atoms with E-state index in [0.717, 1.165) is 0 Å². The third-order valence-corrected chi connectivity index (χ3v) is 8.63. The molecule has 0 bridgehead atoms. The summed E-state index contributed by atoms with van der Waals surface area (Å²) in [6.07, 6.45) is -2.62. The van der Waals surface area contributed by atoms with Crippen LogP contribution >= 0.6 is 22.7 Å². The van der Waals surface area contributed by atoms with Crippen LogP contribution in [0.4, 0.5) is 0 Å². The van der Waals surface area contributed by atoms with Crippen LogP contribution in [-0.4, -0.2) is 49.6 Å². The Labute approximate surface area is 120 Å². The number of aliphatic hydroxyl groups is 3. The smallest absolute Gasteiger partial charge is 0.378 e. The second-order valence-electron chi connectivity index (χ2n) is 4.10. The molecule has 0 aromatic rings. The third-order valence-electron chi connectivity index (χ3n) is 2.93. The van der Waals surface area contributed by atoms with Gasteiger partial charge in [0.1, 0.15) is 0 Å². The molecule has 122 valence electrons. The summed E-state index contributed by atoms with van der Waals surface area (Å²) < 4.78 is 57.9. The summed E-state index contributed by atoms with van der Waals surface area (Å²) in [6, 6.07) is 0. The van der Waals surface area contributed by atoms with Crippen LogP contribution < -0.4 is 0 Å². The van der Waals surface area contributed by atoms with Gasteiger partial charge in [0.15, 0.2) is 6.10 Å². The summed E-state index contributed by atoms with van der Waals surface area (Å²) in [7, 11) is -11.6. The lowest BCUT2D eigenvalue weighted by Crippen LogP contribution is -2.36. The van der Waals surface area contributed by atoms with Gasteiger partial charge in [-0.05, 0) is 0 Å². The molecule has 0 spiro atoms. The van der Waals surface area contributed by atoms with E-state index in [4.69, 9.17) is 10.2 Å². The fourth-order valence-corrected chi connectivity index (χ4v) is 6.51. The van der Waals surface area contributed by atoms with Crippen molar-refractivity contribution in [1.82, 2.24) is 0 Å². The lowest BCUT2D eigenvalue weighted by Gasteiger charge is -2.10. The van der Waals surface area contributed by atoms with E-state index in [1.165, 1.54) is 0 Å². The maximum atomic E-state index is 11.6. The van der Waals surface area contributed by atoms with Gasteiger partial charge >= 0.3 is 45.1 Å². The van der Waals surface area contributed by atoms with Crippen molar-refractivity contribution >= 4 is 34.7 Å². The molecule has 2 rings (SSSR count). The molecule has 2 aliphatic heterocycles. The predicted octanol–water partition coefficient (Wildman–Crippen LogP) is -1.32. The van der Waals surface area contributed by atoms with Crippen LogP contribution in [0.2, 0.25) is 0 Å². The van der Waals surface area contributed by atoms with Crippen LogP contribution in [0.3, 0.4) is 0 Å². The number of hydrogen-bond donors (Lipinski definition) is 3. The van der Waals surface area contributed by atoms with Gasteiger partial charge in [0, 0.05) is 0 Å². The first-order valence-corrected chi connectivity index (χ1v) is 9.12. The van der Waals surface area contributed by atoms with E-state index in [-0.39, 0.29) is 0 Å². The van der Waals surface area contributed by atoms with E-state index in [1.807, 2.05) is 0 Å². The van der Waals surface area contributed by atoms with E-state index in [2.05, 4.69) is 14.3 Å². The van der Waals surface area contributed by atoms with Crippen molar-refractivity contribution in [3.05, 3.63) is 0 Å². The SMILES string of the molecule is O=C(OOC(=O)C12OP1(=O)C2(O)P(=O)=O)C(O)C(O)P(=O)=O. The highest BCUT2D eigenvalue weighted by Gasteiger charge is 3.13. The zero-order valence-corrected chi connectivity index (χ0v) is 12.6. The quantitative estimate of drug-likeness (QED) is 0.219. The molecule has 0 radical (unpaired) electrons.